The van der Waals surface area contributed by atoms with Crippen molar-refractivity contribution < 1.29 is 14.6 Å². The molecule has 0 unspecified atom stereocenters. The van der Waals surface area contributed by atoms with Crippen LogP contribution in [0.3, 0.4) is 0 Å². The highest BCUT2D eigenvalue weighted by atomic mass is 35.5. The van der Waals surface area contributed by atoms with Crippen molar-refractivity contribution in [2.75, 3.05) is 12.4 Å². The van der Waals surface area contributed by atoms with Gasteiger partial charge in [0.05, 0.1) is 18.1 Å². The van der Waals surface area contributed by atoms with Crippen molar-refractivity contribution in [2.24, 2.45) is 5.92 Å². The molecule has 2 atom stereocenters. The predicted molar refractivity (Wildman–Crippen MR) is 90.3 cm³/mol. The van der Waals surface area contributed by atoms with E-state index in [0.29, 0.717) is 17.3 Å². The fourth-order valence-corrected chi connectivity index (χ4v) is 2.99. The van der Waals surface area contributed by atoms with Crippen molar-refractivity contribution in [3.8, 4) is 5.75 Å². The summed E-state index contributed by atoms with van der Waals surface area (Å²) in [6.07, 6.45) is 0.743. The second-order valence-corrected chi connectivity index (χ2v) is 6.14. The summed E-state index contributed by atoms with van der Waals surface area (Å²) < 4.78 is 5.14. The lowest BCUT2D eigenvalue weighted by Crippen LogP contribution is -2.01. The van der Waals surface area contributed by atoms with E-state index in [1.54, 1.807) is 7.11 Å². The van der Waals surface area contributed by atoms with Crippen LogP contribution in [0.4, 0.5) is 5.69 Å². The summed E-state index contributed by atoms with van der Waals surface area (Å²) in [6.45, 7) is 0.657. The van der Waals surface area contributed by atoms with Gasteiger partial charge in [-0.05, 0) is 47.7 Å². The molecule has 3 rings (SSSR count). The molecular weight excluding hydrogens is 314 g/mol. The fourth-order valence-electron chi connectivity index (χ4n) is 2.71. The minimum atomic E-state index is -0.700. The van der Waals surface area contributed by atoms with Crippen LogP contribution >= 0.6 is 11.6 Å². The van der Waals surface area contributed by atoms with Crippen LogP contribution in [0.5, 0.6) is 5.75 Å². The molecular formula is C18H18ClNO3. The maximum absolute atomic E-state index is 10.9. The summed E-state index contributed by atoms with van der Waals surface area (Å²) in [6, 6.07) is 13.7. The standard InChI is InChI=1S/C18H18ClNO3/c1-23-17-7-2-11(8-16(17)19)10-20-13-5-3-12(4-6-13)14-9-15(14)18(21)22/h2-8,14-15,20H,9-10H2,1H3,(H,21,22)/t14-,15+/m0/s1. The zero-order valence-electron chi connectivity index (χ0n) is 12.8. The molecule has 2 N–H and O–H groups in total. The summed E-state index contributed by atoms with van der Waals surface area (Å²) in [5, 5.41) is 12.9. The van der Waals surface area contributed by atoms with E-state index in [1.165, 1.54) is 0 Å². The first-order chi connectivity index (χ1) is 11.1. The Morgan fingerprint density at radius 2 is 2.04 bits per heavy atom. The molecule has 23 heavy (non-hydrogen) atoms. The lowest BCUT2D eigenvalue weighted by molar-refractivity contribution is -0.138. The number of methoxy groups -OCH3 is 1. The highest BCUT2D eigenvalue weighted by Gasteiger charge is 2.43. The summed E-state index contributed by atoms with van der Waals surface area (Å²) in [4.78, 5) is 10.9. The Kier molecular flexibility index (Phi) is 4.44. The Hall–Kier alpha value is -2.20. The number of nitrogens with one attached hydrogen (secondary N) is 1. The van der Waals surface area contributed by atoms with Gasteiger partial charge >= 0.3 is 5.97 Å². The maximum Gasteiger partial charge on any atom is 0.307 e. The van der Waals surface area contributed by atoms with Crippen LogP contribution in [-0.2, 0) is 11.3 Å². The lowest BCUT2D eigenvalue weighted by atomic mass is 10.1. The average Bonchev–Trinajstić information content (AvgIpc) is 3.34. The number of ether oxygens (including phenoxy) is 1. The van der Waals surface area contributed by atoms with Crippen LogP contribution in [-0.4, -0.2) is 18.2 Å². The maximum atomic E-state index is 10.9. The quantitative estimate of drug-likeness (QED) is 0.835. The second kappa shape index (κ2) is 6.50. The molecule has 0 spiro atoms. The van der Waals surface area contributed by atoms with E-state index in [9.17, 15) is 4.79 Å². The van der Waals surface area contributed by atoms with Gasteiger partial charge in [0.15, 0.2) is 0 Å². The monoisotopic (exact) mass is 331 g/mol. The van der Waals surface area contributed by atoms with Crippen LogP contribution in [0.15, 0.2) is 42.5 Å². The molecule has 2 aromatic carbocycles. The number of carboxylic acid groups (broad SMARTS) is 1. The average molecular weight is 332 g/mol. The minimum absolute atomic E-state index is 0.168. The van der Waals surface area contributed by atoms with E-state index in [1.807, 2.05) is 42.5 Å². The van der Waals surface area contributed by atoms with Gasteiger partial charge < -0.3 is 15.2 Å². The van der Waals surface area contributed by atoms with Gasteiger partial charge in [-0.25, -0.2) is 0 Å². The Bertz CT molecular complexity index is 715. The largest absolute Gasteiger partial charge is 0.495 e. The molecule has 120 valence electrons. The molecule has 0 aromatic heterocycles. The van der Waals surface area contributed by atoms with Crippen molar-refractivity contribution in [3.05, 3.63) is 58.6 Å². The molecule has 1 aliphatic rings. The van der Waals surface area contributed by atoms with E-state index in [-0.39, 0.29) is 11.8 Å². The molecule has 0 heterocycles. The van der Waals surface area contributed by atoms with Crippen LogP contribution in [0.2, 0.25) is 5.02 Å². The normalized spacial score (nSPS) is 19.2. The Balaban J connectivity index is 1.59. The zero-order chi connectivity index (χ0) is 16.4. The topological polar surface area (TPSA) is 58.6 Å². The number of aliphatic carboxylic acids is 1. The number of carbonyl (C=O) groups is 1. The second-order valence-electron chi connectivity index (χ2n) is 5.73. The highest BCUT2D eigenvalue weighted by Crippen LogP contribution is 2.47. The van der Waals surface area contributed by atoms with Crippen molar-refractivity contribution in [3.63, 3.8) is 0 Å². The third kappa shape index (κ3) is 3.59. The molecule has 0 radical (unpaired) electrons. The van der Waals surface area contributed by atoms with Gasteiger partial charge in [0.1, 0.15) is 5.75 Å². The summed E-state index contributed by atoms with van der Waals surface area (Å²) in [5.74, 6) is -0.0806. The molecule has 0 saturated heterocycles. The molecule has 1 aliphatic carbocycles. The summed E-state index contributed by atoms with van der Waals surface area (Å²) in [5.41, 5.74) is 3.15. The number of halogens is 1. The van der Waals surface area contributed by atoms with Crippen molar-refractivity contribution in [1.29, 1.82) is 0 Å². The van der Waals surface area contributed by atoms with Crippen LogP contribution in [0, 0.1) is 5.92 Å². The number of carboxylic acids is 1. The first-order valence-electron chi connectivity index (χ1n) is 7.47. The van der Waals surface area contributed by atoms with Crippen LogP contribution in [0.1, 0.15) is 23.5 Å². The summed E-state index contributed by atoms with van der Waals surface area (Å²) >= 11 is 6.11. The molecule has 0 bridgehead atoms. The van der Waals surface area contributed by atoms with E-state index in [2.05, 4.69) is 5.32 Å². The van der Waals surface area contributed by atoms with Gasteiger partial charge in [0, 0.05) is 12.2 Å². The SMILES string of the molecule is COc1ccc(CNc2ccc([C@@H]3C[C@H]3C(=O)O)cc2)cc1Cl. The molecule has 4 nitrogen and oxygen atoms in total. The van der Waals surface area contributed by atoms with E-state index in [0.717, 1.165) is 23.2 Å². The molecule has 2 aromatic rings. The minimum Gasteiger partial charge on any atom is -0.495 e. The van der Waals surface area contributed by atoms with Gasteiger partial charge in [0.2, 0.25) is 0 Å². The third-order valence-electron chi connectivity index (χ3n) is 4.16. The van der Waals surface area contributed by atoms with Crippen molar-refractivity contribution >= 4 is 23.3 Å². The smallest absolute Gasteiger partial charge is 0.307 e. The molecule has 1 saturated carbocycles. The molecule has 0 aliphatic heterocycles. The molecule has 5 heteroatoms. The third-order valence-corrected chi connectivity index (χ3v) is 4.45. The summed E-state index contributed by atoms with van der Waals surface area (Å²) in [7, 11) is 1.59. The Morgan fingerprint density at radius 1 is 1.30 bits per heavy atom. The molecule has 0 amide bonds. The van der Waals surface area contributed by atoms with Gasteiger partial charge in [0.25, 0.3) is 0 Å². The zero-order valence-corrected chi connectivity index (χ0v) is 13.5. The fraction of sp³-hybridized carbons (Fsp3) is 0.278. The highest BCUT2D eigenvalue weighted by molar-refractivity contribution is 6.32. The van der Waals surface area contributed by atoms with Gasteiger partial charge in [-0.2, -0.15) is 0 Å². The van der Waals surface area contributed by atoms with Crippen LogP contribution in [0.25, 0.3) is 0 Å². The van der Waals surface area contributed by atoms with Crippen LogP contribution < -0.4 is 10.1 Å². The number of benzene rings is 2. The molecule has 1 fully saturated rings. The number of rotatable bonds is 6. The first-order valence-corrected chi connectivity index (χ1v) is 7.85. The number of anilines is 1. The first kappa shape index (κ1) is 15.7. The number of hydrogen-bond acceptors (Lipinski definition) is 3. The Morgan fingerprint density at radius 3 is 2.61 bits per heavy atom. The van der Waals surface area contributed by atoms with Gasteiger partial charge in [-0.15, -0.1) is 0 Å². The van der Waals surface area contributed by atoms with Gasteiger partial charge in [-0.1, -0.05) is 29.8 Å². The van der Waals surface area contributed by atoms with Crippen molar-refractivity contribution in [2.45, 2.75) is 18.9 Å². The van der Waals surface area contributed by atoms with Crippen molar-refractivity contribution in [1.82, 2.24) is 0 Å². The van der Waals surface area contributed by atoms with E-state index >= 15 is 0 Å². The van der Waals surface area contributed by atoms with Gasteiger partial charge in [-0.3, -0.25) is 4.79 Å². The Labute approximate surface area is 140 Å². The van der Waals surface area contributed by atoms with E-state index < -0.39 is 5.97 Å². The predicted octanol–water partition coefficient (Wildman–Crippen LogP) is 4.15. The van der Waals surface area contributed by atoms with E-state index in [4.69, 9.17) is 21.4 Å². The number of hydrogen-bond donors (Lipinski definition) is 2. The lowest BCUT2D eigenvalue weighted by Gasteiger charge is -2.09.